The normalized spacial score (nSPS) is 11.3. The molecule has 1 aromatic heterocycles. The Hall–Kier alpha value is -1.97. The van der Waals surface area contributed by atoms with Crippen LogP contribution in [0.5, 0.6) is 5.75 Å². The molecule has 1 N–H and O–H groups in total. The first kappa shape index (κ1) is 13.5. The monoisotopic (exact) mass is 261 g/mol. The van der Waals surface area contributed by atoms with Crippen molar-refractivity contribution >= 4 is 16.9 Å². The van der Waals surface area contributed by atoms with E-state index in [4.69, 9.17) is 4.74 Å². The Morgan fingerprint density at radius 2 is 2.00 bits per heavy atom. The molecular formula is C15H19NO3. The van der Waals surface area contributed by atoms with Crippen LogP contribution in [0.3, 0.4) is 0 Å². The quantitative estimate of drug-likeness (QED) is 0.922. The average Bonchev–Trinajstić information content (AvgIpc) is 2.66. The first-order chi connectivity index (χ1) is 8.88. The summed E-state index contributed by atoms with van der Waals surface area (Å²) in [6.07, 6.45) is 0. The van der Waals surface area contributed by atoms with E-state index in [9.17, 15) is 9.90 Å². The molecule has 4 nitrogen and oxygen atoms in total. The van der Waals surface area contributed by atoms with Crippen molar-refractivity contribution in [2.24, 2.45) is 7.05 Å². The number of rotatable bonds is 3. The SMILES string of the molecule is COc1cc(C)c(C(C)C)c2c1cc(C(=O)O)n2C. The van der Waals surface area contributed by atoms with E-state index < -0.39 is 5.97 Å². The van der Waals surface area contributed by atoms with Crippen molar-refractivity contribution in [3.05, 3.63) is 29.0 Å². The maximum Gasteiger partial charge on any atom is 0.352 e. The predicted octanol–water partition coefficient (Wildman–Crippen LogP) is 3.32. The summed E-state index contributed by atoms with van der Waals surface area (Å²) in [6, 6.07) is 3.66. The minimum Gasteiger partial charge on any atom is -0.496 e. The second-order valence-corrected chi connectivity index (χ2v) is 5.12. The zero-order valence-corrected chi connectivity index (χ0v) is 11.9. The third-order valence-corrected chi connectivity index (χ3v) is 3.54. The van der Waals surface area contributed by atoms with E-state index in [1.165, 1.54) is 5.56 Å². The predicted molar refractivity (Wildman–Crippen MR) is 75.3 cm³/mol. The Morgan fingerprint density at radius 3 is 2.47 bits per heavy atom. The highest BCUT2D eigenvalue weighted by Crippen LogP contribution is 2.36. The van der Waals surface area contributed by atoms with Crippen molar-refractivity contribution in [1.82, 2.24) is 4.57 Å². The number of methoxy groups -OCH3 is 1. The molecule has 0 aliphatic carbocycles. The second kappa shape index (κ2) is 4.61. The molecular weight excluding hydrogens is 242 g/mol. The fourth-order valence-electron chi connectivity index (χ4n) is 2.76. The molecule has 102 valence electrons. The molecule has 0 aliphatic rings. The molecule has 4 heteroatoms. The summed E-state index contributed by atoms with van der Waals surface area (Å²) >= 11 is 0. The molecule has 0 aliphatic heterocycles. The molecule has 1 heterocycles. The molecule has 0 unspecified atom stereocenters. The molecule has 2 rings (SSSR count). The molecule has 19 heavy (non-hydrogen) atoms. The van der Waals surface area contributed by atoms with Crippen molar-refractivity contribution in [2.45, 2.75) is 26.7 Å². The molecule has 0 spiro atoms. The second-order valence-electron chi connectivity index (χ2n) is 5.12. The van der Waals surface area contributed by atoms with Crippen LogP contribution in [0, 0.1) is 6.92 Å². The summed E-state index contributed by atoms with van der Waals surface area (Å²) in [6.45, 7) is 6.26. The zero-order valence-electron chi connectivity index (χ0n) is 11.9. The lowest BCUT2D eigenvalue weighted by molar-refractivity contribution is 0.0687. The van der Waals surface area contributed by atoms with Gasteiger partial charge in [0.25, 0.3) is 0 Å². The number of fused-ring (bicyclic) bond motifs is 1. The Kier molecular flexibility index (Phi) is 3.27. The van der Waals surface area contributed by atoms with Gasteiger partial charge in [-0.15, -0.1) is 0 Å². The van der Waals surface area contributed by atoms with E-state index in [2.05, 4.69) is 13.8 Å². The maximum atomic E-state index is 11.3. The highest BCUT2D eigenvalue weighted by molar-refractivity contribution is 5.99. The lowest BCUT2D eigenvalue weighted by Crippen LogP contribution is -2.06. The number of carboxylic acid groups (broad SMARTS) is 1. The molecule has 0 bridgehead atoms. The first-order valence-corrected chi connectivity index (χ1v) is 6.28. The van der Waals surface area contributed by atoms with Crippen molar-refractivity contribution < 1.29 is 14.6 Å². The van der Waals surface area contributed by atoms with Crippen molar-refractivity contribution in [3.8, 4) is 5.75 Å². The maximum absolute atomic E-state index is 11.3. The van der Waals surface area contributed by atoms with Gasteiger partial charge in [-0.3, -0.25) is 0 Å². The number of hydrogen-bond acceptors (Lipinski definition) is 2. The third-order valence-electron chi connectivity index (χ3n) is 3.54. The third kappa shape index (κ3) is 1.97. The Labute approximate surface area is 112 Å². The van der Waals surface area contributed by atoms with E-state index in [-0.39, 0.29) is 5.69 Å². The van der Waals surface area contributed by atoms with Crippen LogP contribution in [-0.4, -0.2) is 22.8 Å². The average molecular weight is 261 g/mol. The van der Waals surface area contributed by atoms with Crippen LogP contribution in [0.1, 0.15) is 41.4 Å². The van der Waals surface area contributed by atoms with E-state index in [1.807, 2.05) is 13.0 Å². The summed E-state index contributed by atoms with van der Waals surface area (Å²) in [4.78, 5) is 11.3. The molecule has 0 saturated heterocycles. The molecule has 2 aromatic rings. The van der Waals surface area contributed by atoms with Gasteiger partial charge in [-0.25, -0.2) is 4.79 Å². The summed E-state index contributed by atoms with van der Waals surface area (Å²) in [7, 11) is 3.40. The van der Waals surface area contributed by atoms with Crippen LogP contribution in [-0.2, 0) is 7.05 Å². The van der Waals surface area contributed by atoms with Gasteiger partial charge in [0.1, 0.15) is 11.4 Å². The fourth-order valence-corrected chi connectivity index (χ4v) is 2.76. The van der Waals surface area contributed by atoms with Crippen LogP contribution in [0.2, 0.25) is 0 Å². The van der Waals surface area contributed by atoms with Crippen LogP contribution < -0.4 is 4.74 Å². The minimum atomic E-state index is -0.923. The van der Waals surface area contributed by atoms with Crippen molar-refractivity contribution in [3.63, 3.8) is 0 Å². The van der Waals surface area contributed by atoms with Gasteiger partial charge in [0, 0.05) is 12.4 Å². The first-order valence-electron chi connectivity index (χ1n) is 6.28. The smallest absolute Gasteiger partial charge is 0.352 e. The number of carbonyl (C=O) groups is 1. The Balaban J connectivity index is 2.97. The zero-order chi connectivity index (χ0) is 14.3. The van der Waals surface area contributed by atoms with Gasteiger partial charge < -0.3 is 14.4 Å². The lowest BCUT2D eigenvalue weighted by Gasteiger charge is -2.15. The summed E-state index contributed by atoms with van der Waals surface area (Å²) in [5.74, 6) is 0.122. The van der Waals surface area contributed by atoms with Gasteiger partial charge >= 0.3 is 5.97 Å². The molecule has 0 atom stereocenters. The van der Waals surface area contributed by atoms with Gasteiger partial charge in [-0.2, -0.15) is 0 Å². The summed E-state index contributed by atoms with van der Waals surface area (Å²) in [5, 5.41) is 10.1. The van der Waals surface area contributed by atoms with Gasteiger partial charge in [-0.05, 0) is 36.1 Å². The standard InChI is InChI=1S/C15H19NO3/c1-8(2)13-9(3)6-12(19-5)10-7-11(15(17)18)16(4)14(10)13/h6-8H,1-5H3,(H,17,18). The Morgan fingerprint density at radius 1 is 1.37 bits per heavy atom. The number of benzene rings is 1. The largest absolute Gasteiger partial charge is 0.496 e. The molecule has 1 aromatic carbocycles. The Bertz CT molecular complexity index is 653. The molecule has 0 fully saturated rings. The number of hydrogen-bond donors (Lipinski definition) is 1. The molecule has 0 radical (unpaired) electrons. The number of ether oxygens (including phenoxy) is 1. The molecule has 0 saturated carbocycles. The highest BCUT2D eigenvalue weighted by atomic mass is 16.5. The topological polar surface area (TPSA) is 51.5 Å². The van der Waals surface area contributed by atoms with Crippen LogP contribution >= 0.6 is 0 Å². The van der Waals surface area contributed by atoms with Crippen LogP contribution in [0.4, 0.5) is 0 Å². The van der Waals surface area contributed by atoms with Crippen molar-refractivity contribution in [1.29, 1.82) is 0 Å². The van der Waals surface area contributed by atoms with E-state index in [0.29, 0.717) is 5.92 Å². The van der Waals surface area contributed by atoms with Gasteiger partial charge in [0.2, 0.25) is 0 Å². The van der Waals surface area contributed by atoms with E-state index >= 15 is 0 Å². The summed E-state index contributed by atoms with van der Waals surface area (Å²) < 4.78 is 7.12. The van der Waals surface area contributed by atoms with E-state index in [0.717, 1.165) is 22.2 Å². The van der Waals surface area contributed by atoms with E-state index in [1.54, 1.807) is 24.8 Å². The number of aromatic nitrogens is 1. The number of aryl methyl sites for hydroxylation is 2. The highest BCUT2D eigenvalue weighted by Gasteiger charge is 2.20. The lowest BCUT2D eigenvalue weighted by atomic mass is 9.95. The van der Waals surface area contributed by atoms with Gasteiger partial charge in [0.05, 0.1) is 12.6 Å². The number of carboxylic acids is 1. The fraction of sp³-hybridized carbons (Fsp3) is 0.400. The number of aromatic carboxylic acids is 1. The number of nitrogens with zero attached hydrogens (tertiary/aromatic N) is 1. The van der Waals surface area contributed by atoms with Crippen LogP contribution in [0.25, 0.3) is 10.9 Å². The summed E-state index contributed by atoms with van der Waals surface area (Å²) in [5.41, 5.74) is 3.52. The minimum absolute atomic E-state index is 0.279. The van der Waals surface area contributed by atoms with Gasteiger partial charge in [0.15, 0.2) is 0 Å². The van der Waals surface area contributed by atoms with Crippen LogP contribution in [0.15, 0.2) is 12.1 Å². The van der Waals surface area contributed by atoms with Gasteiger partial charge in [-0.1, -0.05) is 13.8 Å². The van der Waals surface area contributed by atoms with Crippen molar-refractivity contribution in [2.75, 3.05) is 7.11 Å². The molecule has 0 amide bonds.